The van der Waals surface area contributed by atoms with Gasteiger partial charge in [0.1, 0.15) is 5.69 Å². The molecule has 0 radical (unpaired) electrons. The zero-order valence-corrected chi connectivity index (χ0v) is 10.3. The van der Waals surface area contributed by atoms with Crippen molar-refractivity contribution >= 4 is 5.97 Å². The standard InChI is InChI=1S/C12H14N4O2/c1-3-18-12(17)10-7-13-8-16(10)9(2)11-14-5-4-6-15-11/h4-9H,3H2,1-2H3. The van der Waals surface area contributed by atoms with E-state index in [4.69, 9.17) is 4.74 Å². The van der Waals surface area contributed by atoms with E-state index in [2.05, 4.69) is 15.0 Å². The highest BCUT2D eigenvalue weighted by Crippen LogP contribution is 2.16. The summed E-state index contributed by atoms with van der Waals surface area (Å²) in [6, 6.07) is 1.57. The van der Waals surface area contributed by atoms with E-state index in [0.29, 0.717) is 18.1 Å². The average molecular weight is 246 g/mol. The third-order valence-corrected chi connectivity index (χ3v) is 2.53. The van der Waals surface area contributed by atoms with Gasteiger partial charge in [-0.05, 0) is 19.9 Å². The second kappa shape index (κ2) is 5.39. The number of aromatic nitrogens is 4. The van der Waals surface area contributed by atoms with Gasteiger partial charge in [-0.1, -0.05) is 0 Å². The van der Waals surface area contributed by atoms with Gasteiger partial charge in [0, 0.05) is 12.4 Å². The lowest BCUT2D eigenvalue weighted by atomic mass is 10.3. The number of hydrogen-bond acceptors (Lipinski definition) is 5. The molecule has 6 nitrogen and oxygen atoms in total. The highest BCUT2D eigenvalue weighted by molar-refractivity contribution is 5.87. The largest absolute Gasteiger partial charge is 0.461 e. The van der Waals surface area contributed by atoms with Crippen LogP contribution in [0.25, 0.3) is 0 Å². The normalized spacial score (nSPS) is 12.1. The van der Waals surface area contributed by atoms with Gasteiger partial charge in [0.15, 0.2) is 5.82 Å². The van der Waals surface area contributed by atoms with Gasteiger partial charge in [-0.25, -0.2) is 19.7 Å². The van der Waals surface area contributed by atoms with E-state index in [1.54, 1.807) is 36.3 Å². The van der Waals surface area contributed by atoms with Crippen LogP contribution in [0.3, 0.4) is 0 Å². The Balaban J connectivity index is 2.29. The molecular weight excluding hydrogens is 232 g/mol. The Bertz CT molecular complexity index is 524. The minimum absolute atomic E-state index is 0.173. The van der Waals surface area contributed by atoms with Gasteiger partial charge in [-0.15, -0.1) is 0 Å². The van der Waals surface area contributed by atoms with Crippen LogP contribution in [0.4, 0.5) is 0 Å². The monoisotopic (exact) mass is 246 g/mol. The van der Waals surface area contributed by atoms with Crippen molar-refractivity contribution < 1.29 is 9.53 Å². The molecule has 0 N–H and O–H groups in total. The third-order valence-electron chi connectivity index (χ3n) is 2.53. The van der Waals surface area contributed by atoms with Crippen LogP contribution in [0, 0.1) is 0 Å². The van der Waals surface area contributed by atoms with Gasteiger partial charge in [0.25, 0.3) is 0 Å². The maximum absolute atomic E-state index is 11.7. The number of carbonyl (C=O) groups excluding carboxylic acids is 1. The second-order valence-electron chi connectivity index (χ2n) is 3.69. The number of rotatable bonds is 4. The predicted molar refractivity (Wildman–Crippen MR) is 64.0 cm³/mol. The highest BCUT2D eigenvalue weighted by Gasteiger charge is 2.19. The van der Waals surface area contributed by atoms with E-state index in [-0.39, 0.29) is 6.04 Å². The molecule has 0 bridgehead atoms. The quantitative estimate of drug-likeness (QED) is 0.764. The number of nitrogens with zero attached hydrogens (tertiary/aromatic N) is 4. The molecule has 0 aliphatic heterocycles. The van der Waals surface area contributed by atoms with Crippen molar-refractivity contribution in [3.63, 3.8) is 0 Å². The van der Waals surface area contributed by atoms with Gasteiger partial charge < -0.3 is 9.30 Å². The second-order valence-corrected chi connectivity index (χ2v) is 3.69. The summed E-state index contributed by atoms with van der Waals surface area (Å²) in [6.45, 7) is 4.00. The maximum Gasteiger partial charge on any atom is 0.356 e. The molecule has 6 heteroatoms. The zero-order valence-electron chi connectivity index (χ0n) is 10.3. The lowest BCUT2D eigenvalue weighted by molar-refractivity contribution is 0.0512. The van der Waals surface area contributed by atoms with E-state index in [9.17, 15) is 4.79 Å². The molecule has 2 heterocycles. The molecule has 18 heavy (non-hydrogen) atoms. The minimum atomic E-state index is -0.391. The summed E-state index contributed by atoms with van der Waals surface area (Å²) in [5.74, 6) is 0.235. The fraction of sp³-hybridized carbons (Fsp3) is 0.333. The lowest BCUT2D eigenvalue weighted by Gasteiger charge is -2.14. The van der Waals surface area contributed by atoms with E-state index in [1.165, 1.54) is 6.20 Å². The van der Waals surface area contributed by atoms with E-state index in [0.717, 1.165) is 0 Å². The Labute approximate surface area is 105 Å². The maximum atomic E-state index is 11.7. The van der Waals surface area contributed by atoms with Crippen LogP contribution < -0.4 is 0 Å². The van der Waals surface area contributed by atoms with Gasteiger partial charge in [-0.2, -0.15) is 0 Å². The fourth-order valence-corrected chi connectivity index (χ4v) is 1.63. The molecular formula is C12H14N4O2. The summed E-state index contributed by atoms with van der Waals surface area (Å²) >= 11 is 0. The Morgan fingerprint density at radius 1 is 1.44 bits per heavy atom. The lowest BCUT2D eigenvalue weighted by Crippen LogP contribution is -2.17. The summed E-state index contributed by atoms with van der Waals surface area (Å²) in [5.41, 5.74) is 0.400. The first kappa shape index (κ1) is 12.2. The number of esters is 1. The van der Waals surface area contributed by atoms with Crippen molar-refractivity contribution in [1.82, 2.24) is 19.5 Å². The average Bonchev–Trinajstić information content (AvgIpc) is 2.88. The Kier molecular flexibility index (Phi) is 3.66. The number of carbonyl (C=O) groups is 1. The van der Waals surface area contributed by atoms with Crippen molar-refractivity contribution in [1.29, 1.82) is 0 Å². The summed E-state index contributed by atoms with van der Waals surface area (Å²) < 4.78 is 6.67. The molecule has 0 spiro atoms. The first-order chi connectivity index (χ1) is 8.74. The van der Waals surface area contributed by atoms with Crippen molar-refractivity contribution in [3.8, 4) is 0 Å². The molecule has 2 rings (SSSR count). The number of imidazole rings is 1. The van der Waals surface area contributed by atoms with E-state index in [1.807, 2.05) is 6.92 Å². The Hall–Kier alpha value is -2.24. The highest BCUT2D eigenvalue weighted by atomic mass is 16.5. The molecule has 0 aliphatic carbocycles. The Morgan fingerprint density at radius 3 is 2.83 bits per heavy atom. The summed E-state index contributed by atoms with van der Waals surface area (Å²) in [7, 11) is 0. The molecule has 2 aromatic rings. The van der Waals surface area contributed by atoms with Crippen molar-refractivity contribution in [2.24, 2.45) is 0 Å². The smallest absolute Gasteiger partial charge is 0.356 e. The van der Waals surface area contributed by atoms with Crippen molar-refractivity contribution in [2.75, 3.05) is 6.61 Å². The van der Waals surface area contributed by atoms with Crippen LogP contribution in [-0.4, -0.2) is 32.1 Å². The van der Waals surface area contributed by atoms with E-state index < -0.39 is 5.97 Å². The minimum Gasteiger partial charge on any atom is -0.461 e. The zero-order chi connectivity index (χ0) is 13.0. The summed E-state index contributed by atoms with van der Waals surface area (Å²) in [4.78, 5) is 24.1. The van der Waals surface area contributed by atoms with Crippen molar-refractivity contribution in [2.45, 2.75) is 19.9 Å². The van der Waals surface area contributed by atoms with Crippen molar-refractivity contribution in [3.05, 3.63) is 42.5 Å². The SMILES string of the molecule is CCOC(=O)c1cncn1C(C)c1ncccn1. The fourth-order valence-electron chi connectivity index (χ4n) is 1.63. The predicted octanol–water partition coefficient (Wildman–Crippen LogP) is 1.46. The van der Waals surface area contributed by atoms with Crippen LogP contribution in [0.5, 0.6) is 0 Å². The Morgan fingerprint density at radius 2 is 2.17 bits per heavy atom. The van der Waals surface area contributed by atoms with Gasteiger partial charge in [0.05, 0.1) is 25.2 Å². The third kappa shape index (κ3) is 2.37. The summed E-state index contributed by atoms with van der Waals surface area (Å²) in [5, 5.41) is 0. The van der Waals surface area contributed by atoms with Crippen LogP contribution in [0.2, 0.25) is 0 Å². The molecule has 0 amide bonds. The topological polar surface area (TPSA) is 69.9 Å². The first-order valence-electron chi connectivity index (χ1n) is 5.70. The molecule has 0 aromatic carbocycles. The molecule has 0 fully saturated rings. The summed E-state index contributed by atoms with van der Waals surface area (Å²) in [6.07, 6.45) is 6.39. The van der Waals surface area contributed by atoms with Crippen LogP contribution in [0.1, 0.15) is 36.2 Å². The van der Waals surface area contributed by atoms with Crippen LogP contribution >= 0.6 is 0 Å². The van der Waals surface area contributed by atoms with Crippen LogP contribution in [0.15, 0.2) is 31.0 Å². The van der Waals surface area contributed by atoms with Crippen LogP contribution in [-0.2, 0) is 4.74 Å². The van der Waals surface area contributed by atoms with Gasteiger partial charge >= 0.3 is 5.97 Å². The van der Waals surface area contributed by atoms with Gasteiger partial charge in [0.2, 0.25) is 0 Å². The molecule has 0 saturated heterocycles. The molecule has 0 aliphatic rings. The molecule has 2 aromatic heterocycles. The molecule has 1 atom stereocenters. The van der Waals surface area contributed by atoms with Gasteiger partial charge in [-0.3, -0.25) is 0 Å². The molecule has 1 unspecified atom stereocenters. The number of hydrogen-bond donors (Lipinski definition) is 0. The molecule has 0 saturated carbocycles. The molecule has 94 valence electrons. The first-order valence-corrected chi connectivity index (χ1v) is 5.70. The van der Waals surface area contributed by atoms with E-state index >= 15 is 0 Å². The number of ether oxygens (including phenoxy) is 1.